The number of halogens is 1. The van der Waals surface area contributed by atoms with Crippen molar-refractivity contribution in [2.75, 3.05) is 0 Å². The van der Waals surface area contributed by atoms with Crippen molar-refractivity contribution in [1.29, 1.82) is 0 Å². The SMILES string of the molecule is C[C@]12CC[C@H]3CCCC[C@@]3(OO1)[C@@H](Sc1ccc(Cl)cc1)O2. The van der Waals surface area contributed by atoms with Gasteiger partial charge in [0.05, 0.1) is 0 Å². The zero-order valence-corrected chi connectivity index (χ0v) is 14.3. The van der Waals surface area contributed by atoms with E-state index in [2.05, 4.69) is 0 Å². The lowest BCUT2D eigenvalue weighted by Crippen LogP contribution is -2.57. The standard InChI is InChI=1S/C17H21ClO3S/c1-16-11-9-12-4-2-3-10-17(12,21-20-16)15(19-16)22-14-7-5-13(18)6-8-14/h5-8,12,15H,2-4,9-11H2,1H3/t12-,15-,16-,17+/m1/s1. The van der Waals surface area contributed by atoms with Crippen molar-refractivity contribution in [3.8, 4) is 0 Å². The molecule has 3 heterocycles. The summed E-state index contributed by atoms with van der Waals surface area (Å²) in [7, 11) is 0. The molecule has 4 fully saturated rings. The molecule has 0 radical (unpaired) electrons. The van der Waals surface area contributed by atoms with Gasteiger partial charge in [0.25, 0.3) is 0 Å². The van der Waals surface area contributed by atoms with Crippen molar-refractivity contribution >= 4 is 23.4 Å². The first-order valence-corrected chi connectivity index (χ1v) is 9.32. The maximum Gasteiger partial charge on any atom is 0.200 e. The minimum absolute atomic E-state index is 0.0276. The normalized spacial score (nSPS) is 41.0. The van der Waals surface area contributed by atoms with Crippen LogP contribution >= 0.6 is 23.4 Å². The van der Waals surface area contributed by atoms with Gasteiger partial charge in [-0.3, -0.25) is 0 Å². The molecule has 120 valence electrons. The van der Waals surface area contributed by atoms with Crippen LogP contribution in [0.1, 0.15) is 45.4 Å². The molecule has 1 aromatic rings. The van der Waals surface area contributed by atoms with Crippen molar-refractivity contribution in [3.05, 3.63) is 29.3 Å². The van der Waals surface area contributed by atoms with Gasteiger partial charge in [-0.25, -0.2) is 9.78 Å². The number of fused-ring (bicyclic) bond motifs is 3. The Morgan fingerprint density at radius 3 is 2.73 bits per heavy atom. The molecule has 2 bridgehead atoms. The highest BCUT2D eigenvalue weighted by Gasteiger charge is 2.59. The molecule has 3 aliphatic heterocycles. The van der Waals surface area contributed by atoms with Gasteiger partial charge < -0.3 is 4.74 Å². The monoisotopic (exact) mass is 340 g/mol. The molecule has 0 N–H and O–H groups in total. The molecule has 4 atom stereocenters. The van der Waals surface area contributed by atoms with Gasteiger partial charge in [0.1, 0.15) is 11.0 Å². The maximum atomic E-state index is 6.37. The minimum atomic E-state index is -0.618. The summed E-state index contributed by atoms with van der Waals surface area (Å²) in [5.41, 5.74) is -0.335. The van der Waals surface area contributed by atoms with Gasteiger partial charge in [-0.15, -0.1) is 0 Å². The van der Waals surface area contributed by atoms with E-state index in [1.54, 1.807) is 11.8 Å². The van der Waals surface area contributed by atoms with Gasteiger partial charge in [0.2, 0.25) is 0 Å². The Labute approximate surface area is 140 Å². The fourth-order valence-electron chi connectivity index (χ4n) is 3.90. The summed E-state index contributed by atoms with van der Waals surface area (Å²) in [5.74, 6) is -0.0949. The van der Waals surface area contributed by atoms with Crippen LogP contribution in [-0.4, -0.2) is 16.8 Å². The third-order valence-electron chi connectivity index (χ3n) is 5.19. The van der Waals surface area contributed by atoms with E-state index in [0.29, 0.717) is 5.92 Å². The molecule has 22 heavy (non-hydrogen) atoms. The molecule has 3 nitrogen and oxygen atoms in total. The zero-order valence-electron chi connectivity index (χ0n) is 12.7. The minimum Gasteiger partial charge on any atom is -0.330 e. The molecule has 0 unspecified atom stereocenters. The highest BCUT2D eigenvalue weighted by molar-refractivity contribution is 7.99. The molecule has 1 aliphatic carbocycles. The summed E-state index contributed by atoms with van der Waals surface area (Å²) >= 11 is 7.73. The molecule has 1 saturated carbocycles. The first-order valence-electron chi connectivity index (χ1n) is 8.07. The lowest BCUT2D eigenvalue weighted by molar-refractivity contribution is -0.513. The van der Waals surface area contributed by atoms with Crippen LogP contribution in [0.15, 0.2) is 29.2 Å². The highest BCUT2D eigenvalue weighted by Crippen LogP contribution is 2.55. The van der Waals surface area contributed by atoms with Crippen LogP contribution in [0.5, 0.6) is 0 Å². The van der Waals surface area contributed by atoms with E-state index in [1.807, 2.05) is 31.2 Å². The molecular weight excluding hydrogens is 320 g/mol. The van der Waals surface area contributed by atoms with Gasteiger partial charge in [0.15, 0.2) is 5.79 Å². The molecular formula is C17H21ClO3S. The van der Waals surface area contributed by atoms with E-state index in [9.17, 15) is 0 Å². The van der Waals surface area contributed by atoms with Gasteiger partial charge in [-0.1, -0.05) is 36.2 Å². The van der Waals surface area contributed by atoms with Crippen LogP contribution in [-0.2, 0) is 14.5 Å². The topological polar surface area (TPSA) is 27.7 Å². The fraction of sp³-hybridized carbons (Fsp3) is 0.647. The quantitative estimate of drug-likeness (QED) is 0.694. The largest absolute Gasteiger partial charge is 0.330 e. The van der Waals surface area contributed by atoms with Crippen LogP contribution in [0.3, 0.4) is 0 Å². The molecule has 1 spiro atoms. The van der Waals surface area contributed by atoms with Crippen molar-refractivity contribution in [2.45, 2.75) is 67.2 Å². The van der Waals surface area contributed by atoms with E-state index in [1.165, 1.54) is 19.3 Å². The van der Waals surface area contributed by atoms with Crippen LogP contribution in [0.4, 0.5) is 0 Å². The summed E-state index contributed by atoms with van der Waals surface area (Å²) in [4.78, 5) is 12.9. The average Bonchev–Trinajstić information content (AvgIpc) is 2.74. The Kier molecular flexibility index (Phi) is 3.94. The maximum absolute atomic E-state index is 6.37. The second kappa shape index (κ2) is 5.67. The number of hydrogen-bond donors (Lipinski definition) is 0. The van der Waals surface area contributed by atoms with Gasteiger partial charge in [0, 0.05) is 16.3 Å². The van der Waals surface area contributed by atoms with Gasteiger partial charge in [-0.05, 0) is 56.4 Å². The van der Waals surface area contributed by atoms with E-state index in [4.69, 9.17) is 26.1 Å². The summed E-state index contributed by atoms with van der Waals surface area (Å²) < 4.78 is 6.37. The molecule has 1 aromatic carbocycles. The van der Waals surface area contributed by atoms with Crippen molar-refractivity contribution < 1.29 is 14.5 Å². The third-order valence-corrected chi connectivity index (χ3v) is 6.70. The Balaban J connectivity index is 1.65. The van der Waals surface area contributed by atoms with Gasteiger partial charge >= 0.3 is 0 Å². The molecule has 3 saturated heterocycles. The van der Waals surface area contributed by atoms with Gasteiger partial charge in [-0.2, -0.15) is 0 Å². The predicted octanol–water partition coefficient (Wildman–Crippen LogP) is 5.18. The smallest absolute Gasteiger partial charge is 0.200 e. The van der Waals surface area contributed by atoms with Crippen LogP contribution in [0, 0.1) is 5.92 Å². The number of benzene rings is 1. The summed E-state index contributed by atoms with van der Waals surface area (Å²) in [6.45, 7) is 1.99. The van der Waals surface area contributed by atoms with Crippen LogP contribution < -0.4 is 0 Å². The Morgan fingerprint density at radius 1 is 1.09 bits per heavy atom. The average molecular weight is 341 g/mol. The summed E-state index contributed by atoms with van der Waals surface area (Å²) in [5, 5.41) is 0.757. The zero-order chi connectivity index (χ0) is 15.2. The predicted molar refractivity (Wildman–Crippen MR) is 86.7 cm³/mol. The lowest BCUT2D eigenvalue weighted by atomic mass is 9.74. The molecule has 0 aromatic heterocycles. The fourth-order valence-corrected chi connectivity index (χ4v) is 5.36. The van der Waals surface area contributed by atoms with Crippen LogP contribution in [0.2, 0.25) is 5.02 Å². The molecule has 4 aliphatic rings. The Hall–Kier alpha value is -0.260. The van der Waals surface area contributed by atoms with E-state index < -0.39 is 5.79 Å². The number of thioether (sulfide) groups is 1. The number of hydrogen-bond acceptors (Lipinski definition) is 4. The first-order chi connectivity index (χ1) is 10.6. The van der Waals surface area contributed by atoms with E-state index in [-0.39, 0.29) is 11.0 Å². The third kappa shape index (κ3) is 2.59. The second-order valence-electron chi connectivity index (χ2n) is 6.76. The van der Waals surface area contributed by atoms with Crippen LogP contribution in [0.25, 0.3) is 0 Å². The highest BCUT2D eigenvalue weighted by atomic mass is 35.5. The van der Waals surface area contributed by atoms with Crippen molar-refractivity contribution in [1.82, 2.24) is 0 Å². The molecule has 5 heteroatoms. The lowest BCUT2D eigenvalue weighted by Gasteiger charge is -2.49. The van der Waals surface area contributed by atoms with E-state index >= 15 is 0 Å². The number of rotatable bonds is 2. The first kappa shape index (κ1) is 15.3. The van der Waals surface area contributed by atoms with Crippen molar-refractivity contribution in [3.63, 3.8) is 0 Å². The molecule has 0 amide bonds. The Morgan fingerprint density at radius 2 is 1.91 bits per heavy atom. The molecule has 5 rings (SSSR count). The second-order valence-corrected chi connectivity index (χ2v) is 8.33. The summed E-state index contributed by atoms with van der Waals surface area (Å²) in [6.07, 6.45) is 6.70. The Bertz CT molecular complexity index is 547. The van der Waals surface area contributed by atoms with E-state index in [0.717, 1.165) is 29.2 Å². The van der Waals surface area contributed by atoms with Crippen molar-refractivity contribution in [2.24, 2.45) is 5.92 Å². The summed E-state index contributed by atoms with van der Waals surface area (Å²) in [6, 6.07) is 7.95. The number of ether oxygens (including phenoxy) is 1.